The Labute approximate surface area is 285 Å². The van der Waals surface area contributed by atoms with Crippen molar-refractivity contribution in [3.05, 3.63) is 82.9 Å². The van der Waals surface area contributed by atoms with Crippen LogP contribution in [0.4, 0.5) is 0 Å². The zero-order valence-corrected chi connectivity index (χ0v) is 29.7. The van der Waals surface area contributed by atoms with Crippen LogP contribution in [0.2, 0.25) is 0 Å². The van der Waals surface area contributed by atoms with Crippen LogP contribution in [-0.2, 0) is 24.0 Å². The molecule has 10 nitrogen and oxygen atoms in total. The summed E-state index contributed by atoms with van der Waals surface area (Å²) in [6.07, 6.45) is 5.22. The first-order valence-electron chi connectivity index (χ1n) is 16.7. The van der Waals surface area contributed by atoms with Crippen LogP contribution in [0.15, 0.2) is 60.7 Å². The summed E-state index contributed by atoms with van der Waals surface area (Å²) < 4.78 is 0. The van der Waals surface area contributed by atoms with E-state index in [-0.39, 0.29) is 37.1 Å². The Morgan fingerprint density at radius 1 is 0.688 bits per heavy atom. The monoisotopic (exact) mass is 659 g/mol. The van der Waals surface area contributed by atoms with Crippen molar-refractivity contribution in [2.45, 2.75) is 91.6 Å². The van der Waals surface area contributed by atoms with Gasteiger partial charge in [-0.15, -0.1) is 0 Å². The molecule has 10 heteroatoms. The number of nitrogens with one attached hydrogen (secondary N) is 5. The number of rotatable bonds is 17. The highest BCUT2D eigenvalue weighted by Crippen LogP contribution is 2.31. The van der Waals surface area contributed by atoms with E-state index >= 15 is 0 Å². The second-order valence-electron chi connectivity index (χ2n) is 12.2. The molecule has 0 aliphatic heterocycles. The molecule has 0 radical (unpaired) electrons. The van der Waals surface area contributed by atoms with Crippen LogP contribution in [0.3, 0.4) is 0 Å². The lowest BCUT2D eigenvalue weighted by atomic mass is 9.87. The lowest BCUT2D eigenvalue weighted by Gasteiger charge is -2.23. The quantitative estimate of drug-likeness (QED) is 0.169. The van der Waals surface area contributed by atoms with Crippen LogP contribution in [0.1, 0.15) is 102 Å². The number of hydrogen-bond donors (Lipinski definition) is 5. The second kappa shape index (κ2) is 19.8. The SMILES string of the molecule is C/C=C(/CC(NC(=O)CNC(C)=O)C(=O)NCC(=O)NC(C/C(=C/C)c1ccccc1C(C)CC)C(=O)NC)c1ccccc1C(C)C. The third-order valence-electron chi connectivity index (χ3n) is 8.39. The summed E-state index contributed by atoms with van der Waals surface area (Å²) in [5, 5.41) is 13.2. The summed E-state index contributed by atoms with van der Waals surface area (Å²) in [6, 6.07) is 14.0. The van der Waals surface area contributed by atoms with Crippen LogP contribution in [-0.4, -0.2) is 61.8 Å². The highest BCUT2D eigenvalue weighted by Gasteiger charge is 2.26. The summed E-state index contributed by atoms with van der Waals surface area (Å²) in [6.45, 7) is 12.8. The number of benzene rings is 2. The van der Waals surface area contributed by atoms with Gasteiger partial charge in [0.2, 0.25) is 29.5 Å². The molecule has 0 heterocycles. The molecule has 3 unspecified atom stereocenters. The van der Waals surface area contributed by atoms with Gasteiger partial charge in [0.1, 0.15) is 12.1 Å². The van der Waals surface area contributed by atoms with Crippen LogP contribution < -0.4 is 26.6 Å². The van der Waals surface area contributed by atoms with Gasteiger partial charge in [-0.05, 0) is 65.5 Å². The van der Waals surface area contributed by atoms with Crippen LogP contribution >= 0.6 is 0 Å². The first-order chi connectivity index (χ1) is 22.9. The predicted octanol–water partition coefficient (Wildman–Crippen LogP) is 4.58. The van der Waals surface area contributed by atoms with Crippen molar-refractivity contribution in [3.63, 3.8) is 0 Å². The maximum absolute atomic E-state index is 13.5. The van der Waals surface area contributed by atoms with Crippen molar-refractivity contribution in [1.29, 1.82) is 0 Å². The molecule has 5 N–H and O–H groups in total. The zero-order valence-electron chi connectivity index (χ0n) is 29.7. The summed E-state index contributed by atoms with van der Waals surface area (Å²) in [5.74, 6) is -1.87. The Hall–Kier alpha value is -4.73. The first-order valence-corrected chi connectivity index (χ1v) is 16.7. The van der Waals surface area contributed by atoms with E-state index in [2.05, 4.69) is 60.3 Å². The Bertz CT molecular complexity index is 1500. The maximum atomic E-state index is 13.5. The van der Waals surface area contributed by atoms with Gasteiger partial charge < -0.3 is 26.6 Å². The van der Waals surface area contributed by atoms with Gasteiger partial charge in [0.05, 0.1) is 13.1 Å². The van der Waals surface area contributed by atoms with E-state index in [4.69, 9.17) is 0 Å². The summed E-state index contributed by atoms with van der Waals surface area (Å²) in [7, 11) is 1.51. The van der Waals surface area contributed by atoms with E-state index in [0.717, 1.165) is 34.3 Å². The van der Waals surface area contributed by atoms with E-state index in [1.807, 2.05) is 68.5 Å². The van der Waals surface area contributed by atoms with Gasteiger partial charge >= 0.3 is 0 Å². The van der Waals surface area contributed by atoms with E-state index < -0.39 is 36.3 Å². The van der Waals surface area contributed by atoms with E-state index in [1.54, 1.807) is 0 Å². The highest BCUT2D eigenvalue weighted by molar-refractivity contribution is 5.94. The minimum Gasteiger partial charge on any atom is -0.357 e. The second-order valence-corrected chi connectivity index (χ2v) is 12.2. The van der Waals surface area contributed by atoms with Crippen molar-refractivity contribution in [3.8, 4) is 0 Å². The van der Waals surface area contributed by atoms with Crippen LogP contribution in [0, 0.1) is 0 Å². The molecule has 48 heavy (non-hydrogen) atoms. The van der Waals surface area contributed by atoms with Gasteiger partial charge in [-0.2, -0.15) is 0 Å². The van der Waals surface area contributed by atoms with Crippen molar-refractivity contribution >= 4 is 40.7 Å². The number of hydrogen-bond acceptors (Lipinski definition) is 5. The molecule has 0 aromatic heterocycles. The molecule has 260 valence electrons. The van der Waals surface area contributed by atoms with Gasteiger partial charge in [-0.25, -0.2) is 0 Å². The lowest BCUT2D eigenvalue weighted by Crippen LogP contribution is -2.53. The number of carbonyl (C=O) groups is 5. The molecule has 0 saturated heterocycles. The molecule has 0 aliphatic carbocycles. The molecule has 2 rings (SSSR count). The minimum absolute atomic E-state index is 0.153. The molecule has 3 atom stereocenters. The van der Waals surface area contributed by atoms with Gasteiger partial charge in [-0.3, -0.25) is 24.0 Å². The Kier molecular flexibility index (Phi) is 16.3. The van der Waals surface area contributed by atoms with Gasteiger partial charge in [0, 0.05) is 26.8 Å². The molecule has 0 spiro atoms. The van der Waals surface area contributed by atoms with Gasteiger partial charge in [0.25, 0.3) is 0 Å². The number of amides is 5. The van der Waals surface area contributed by atoms with Crippen molar-refractivity contribution in [2.24, 2.45) is 0 Å². The predicted molar refractivity (Wildman–Crippen MR) is 192 cm³/mol. The fourth-order valence-corrected chi connectivity index (χ4v) is 5.52. The Morgan fingerprint density at radius 3 is 1.60 bits per heavy atom. The van der Waals surface area contributed by atoms with Crippen molar-refractivity contribution in [2.75, 3.05) is 20.1 Å². The molecule has 5 amide bonds. The normalized spacial score (nSPS) is 13.6. The molecular formula is C38H53N5O5. The first kappa shape index (κ1) is 39.4. The smallest absolute Gasteiger partial charge is 0.243 e. The molecule has 0 bridgehead atoms. The summed E-state index contributed by atoms with van der Waals surface area (Å²) in [4.78, 5) is 63.7. The van der Waals surface area contributed by atoms with Gasteiger partial charge in [-0.1, -0.05) is 88.4 Å². The fraction of sp³-hybridized carbons (Fsp3) is 0.447. The molecule has 0 saturated carbocycles. The molecule has 2 aromatic carbocycles. The van der Waals surface area contributed by atoms with Gasteiger partial charge in [0.15, 0.2) is 0 Å². The highest BCUT2D eigenvalue weighted by atomic mass is 16.2. The maximum Gasteiger partial charge on any atom is 0.243 e. The van der Waals surface area contributed by atoms with E-state index in [1.165, 1.54) is 19.5 Å². The average molecular weight is 660 g/mol. The fourth-order valence-electron chi connectivity index (χ4n) is 5.52. The molecule has 0 aliphatic rings. The van der Waals surface area contributed by atoms with Crippen molar-refractivity contribution < 1.29 is 24.0 Å². The molecular weight excluding hydrogens is 606 g/mol. The molecule has 2 aromatic rings. The summed E-state index contributed by atoms with van der Waals surface area (Å²) in [5.41, 5.74) is 6.03. The zero-order chi connectivity index (χ0) is 35.8. The number of allylic oxidation sites excluding steroid dienone is 2. The van der Waals surface area contributed by atoms with E-state index in [9.17, 15) is 24.0 Å². The number of likely N-dealkylation sites (N-methyl/N-ethyl adjacent to an activating group) is 1. The standard InChI is InChI=1S/C38H53N5O5/c1-9-25(6)30-17-13-15-19-32(30)28(11-3)20-33(37(47)39-8)42-36(46)23-41-38(48)34(43-35(45)22-40-26(7)44)21-27(10-2)31-18-14-12-16-29(31)24(4)5/h10-19,24-25,33-34H,9,20-23H2,1-8H3,(H,39,47)(H,40,44)(H,41,48)(H,42,46)(H,43,45)/b27-10-,28-11-. The van der Waals surface area contributed by atoms with Crippen LogP contribution in [0.25, 0.3) is 11.1 Å². The number of carbonyl (C=O) groups excluding carboxylic acids is 5. The average Bonchev–Trinajstić information content (AvgIpc) is 3.08. The topological polar surface area (TPSA) is 146 Å². The Balaban J connectivity index is 2.24. The Morgan fingerprint density at radius 2 is 1.15 bits per heavy atom. The van der Waals surface area contributed by atoms with E-state index in [0.29, 0.717) is 5.92 Å². The third kappa shape index (κ3) is 11.8. The van der Waals surface area contributed by atoms with Crippen LogP contribution in [0.5, 0.6) is 0 Å². The third-order valence-corrected chi connectivity index (χ3v) is 8.39. The largest absolute Gasteiger partial charge is 0.357 e. The lowest BCUT2D eigenvalue weighted by molar-refractivity contribution is -0.131. The minimum atomic E-state index is -1.04. The molecule has 0 fully saturated rings. The summed E-state index contributed by atoms with van der Waals surface area (Å²) >= 11 is 0. The van der Waals surface area contributed by atoms with Crippen molar-refractivity contribution in [1.82, 2.24) is 26.6 Å².